The molecule has 2 amide bonds. The van der Waals surface area contributed by atoms with Crippen LogP contribution in [0.15, 0.2) is 72.8 Å². The van der Waals surface area contributed by atoms with E-state index >= 15 is 0 Å². The predicted octanol–water partition coefficient (Wildman–Crippen LogP) is 4.89. The minimum absolute atomic E-state index is 0.0703. The third-order valence-electron chi connectivity index (χ3n) is 4.73. The Balaban J connectivity index is 1.62. The zero-order valence-corrected chi connectivity index (χ0v) is 18.1. The van der Waals surface area contributed by atoms with Crippen LogP contribution in [-0.4, -0.2) is 25.5 Å². The summed E-state index contributed by atoms with van der Waals surface area (Å²) in [7, 11) is 1.58. The lowest BCUT2D eigenvalue weighted by Crippen LogP contribution is -2.30. The van der Waals surface area contributed by atoms with Crippen molar-refractivity contribution in [1.29, 1.82) is 0 Å². The second kappa shape index (κ2) is 10.6. The first-order chi connectivity index (χ1) is 15.0. The van der Waals surface area contributed by atoms with Crippen LogP contribution in [0.2, 0.25) is 5.02 Å². The Labute approximate surface area is 186 Å². The largest absolute Gasteiger partial charge is 0.497 e. The van der Waals surface area contributed by atoms with E-state index in [1.54, 1.807) is 55.6 Å². The number of nitrogens with one attached hydrogen (secondary N) is 3. The summed E-state index contributed by atoms with van der Waals surface area (Å²) in [5.41, 5.74) is 2.34. The topological polar surface area (TPSA) is 79.5 Å². The van der Waals surface area contributed by atoms with Gasteiger partial charge in [-0.1, -0.05) is 41.9 Å². The number of carbonyl (C=O) groups is 2. The Bertz CT molecular complexity index is 1050. The number of carbonyl (C=O) groups excluding carboxylic acids is 2. The molecule has 0 spiro atoms. The van der Waals surface area contributed by atoms with Gasteiger partial charge in [-0.3, -0.25) is 9.59 Å². The molecule has 160 valence electrons. The number of amides is 2. The number of hydrogen-bond donors (Lipinski definition) is 3. The highest BCUT2D eigenvalue weighted by molar-refractivity contribution is 6.31. The molecule has 0 heterocycles. The van der Waals surface area contributed by atoms with Gasteiger partial charge in [0.1, 0.15) is 5.75 Å². The van der Waals surface area contributed by atoms with Crippen LogP contribution in [0.5, 0.6) is 5.75 Å². The van der Waals surface area contributed by atoms with Crippen LogP contribution in [-0.2, 0) is 4.79 Å². The molecule has 6 nitrogen and oxygen atoms in total. The maximum absolute atomic E-state index is 12.7. The van der Waals surface area contributed by atoms with E-state index in [1.807, 2.05) is 31.2 Å². The van der Waals surface area contributed by atoms with Crippen molar-refractivity contribution in [3.8, 4) is 5.75 Å². The number of hydrogen-bond acceptors (Lipinski definition) is 4. The van der Waals surface area contributed by atoms with Gasteiger partial charge in [-0.25, -0.2) is 0 Å². The van der Waals surface area contributed by atoms with Crippen molar-refractivity contribution in [3.05, 3.63) is 88.9 Å². The standard InChI is InChI=1S/C24H24ClN3O3/c1-16(19-7-3-5-9-21(19)25)26-15-23(29)28-22-10-6-4-8-20(22)24(30)27-17-11-13-18(31-2)14-12-17/h3-14,16,26H,15H2,1-2H3,(H,27,30)(H,28,29)/t16-/m0/s1. The maximum atomic E-state index is 12.7. The first-order valence-electron chi connectivity index (χ1n) is 9.80. The Hall–Kier alpha value is -3.35. The van der Waals surface area contributed by atoms with Crippen molar-refractivity contribution < 1.29 is 14.3 Å². The summed E-state index contributed by atoms with van der Waals surface area (Å²) in [5, 5.41) is 9.42. The number of para-hydroxylation sites is 1. The van der Waals surface area contributed by atoms with E-state index in [4.69, 9.17) is 16.3 Å². The van der Waals surface area contributed by atoms with Crippen molar-refractivity contribution in [2.24, 2.45) is 0 Å². The first kappa shape index (κ1) is 22.3. The number of halogens is 1. The highest BCUT2D eigenvalue weighted by atomic mass is 35.5. The van der Waals surface area contributed by atoms with Crippen LogP contribution in [0.25, 0.3) is 0 Å². The second-order valence-electron chi connectivity index (χ2n) is 6.90. The van der Waals surface area contributed by atoms with Gasteiger partial charge in [0.15, 0.2) is 0 Å². The van der Waals surface area contributed by atoms with Crippen LogP contribution >= 0.6 is 11.6 Å². The van der Waals surface area contributed by atoms with Crippen molar-refractivity contribution in [2.45, 2.75) is 13.0 Å². The Kier molecular flexibility index (Phi) is 7.65. The predicted molar refractivity (Wildman–Crippen MR) is 124 cm³/mol. The van der Waals surface area contributed by atoms with E-state index in [0.29, 0.717) is 27.7 Å². The molecule has 3 aromatic rings. The van der Waals surface area contributed by atoms with Crippen LogP contribution in [0.1, 0.15) is 28.9 Å². The molecule has 0 bridgehead atoms. The summed E-state index contributed by atoms with van der Waals surface area (Å²) in [4.78, 5) is 25.2. The quantitative estimate of drug-likeness (QED) is 0.468. The van der Waals surface area contributed by atoms with Gasteiger partial charge in [-0.2, -0.15) is 0 Å². The van der Waals surface area contributed by atoms with Gasteiger partial charge in [0, 0.05) is 16.8 Å². The van der Waals surface area contributed by atoms with Gasteiger partial charge in [-0.05, 0) is 55.0 Å². The molecule has 0 aliphatic carbocycles. The zero-order chi connectivity index (χ0) is 22.2. The van der Waals surface area contributed by atoms with E-state index in [9.17, 15) is 9.59 Å². The molecule has 0 fully saturated rings. The van der Waals surface area contributed by atoms with Gasteiger partial charge in [0.25, 0.3) is 5.91 Å². The fraction of sp³-hybridized carbons (Fsp3) is 0.167. The molecule has 0 saturated heterocycles. The summed E-state index contributed by atoms with van der Waals surface area (Å²) in [6.07, 6.45) is 0. The Morgan fingerprint density at radius 1 is 0.935 bits per heavy atom. The third kappa shape index (κ3) is 6.07. The zero-order valence-electron chi connectivity index (χ0n) is 17.3. The molecule has 3 rings (SSSR count). The summed E-state index contributed by atoms with van der Waals surface area (Å²) in [6.45, 7) is 2.01. The van der Waals surface area contributed by atoms with Gasteiger partial charge < -0.3 is 20.7 Å². The van der Waals surface area contributed by atoms with E-state index in [-0.39, 0.29) is 24.4 Å². The van der Waals surface area contributed by atoms with Gasteiger partial charge in [-0.15, -0.1) is 0 Å². The molecule has 0 unspecified atom stereocenters. The molecular formula is C24H24ClN3O3. The van der Waals surface area contributed by atoms with Crippen molar-refractivity contribution in [3.63, 3.8) is 0 Å². The smallest absolute Gasteiger partial charge is 0.257 e. The van der Waals surface area contributed by atoms with Gasteiger partial charge in [0.05, 0.1) is 24.9 Å². The van der Waals surface area contributed by atoms with Crippen molar-refractivity contribution in [2.75, 3.05) is 24.3 Å². The number of methoxy groups -OCH3 is 1. The Morgan fingerprint density at radius 3 is 2.32 bits per heavy atom. The van der Waals surface area contributed by atoms with Crippen LogP contribution < -0.4 is 20.7 Å². The molecular weight excluding hydrogens is 414 g/mol. The van der Waals surface area contributed by atoms with Crippen molar-refractivity contribution >= 4 is 34.8 Å². The maximum Gasteiger partial charge on any atom is 0.257 e. The molecule has 7 heteroatoms. The number of anilines is 2. The highest BCUT2D eigenvalue weighted by Gasteiger charge is 2.15. The fourth-order valence-electron chi connectivity index (χ4n) is 3.04. The molecule has 0 radical (unpaired) electrons. The van der Waals surface area contributed by atoms with Crippen LogP contribution in [0, 0.1) is 0 Å². The van der Waals surface area contributed by atoms with Crippen LogP contribution in [0.4, 0.5) is 11.4 Å². The molecule has 0 aromatic heterocycles. The summed E-state index contributed by atoms with van der Waals surface area (Å²) < 4.78 is 5.12. The Morgan fingerprint density at radius 2 is 1.61 bits per heavy atom. The third-order valence-corrected chi connectivity index (χ3v) is 5.08. The van der Waals surface area contributed by atoms with Crippen molar-refractivity contribution in [1.82, 2.24) is 5.32 Å². The van der Waals surface area contributed by atoms with E-state index in [2.05, 4.69) is 16.0 Å². The average Bonchev–Trinajstić information content (AvgIpc) is 2.78. The first-order valence-corrected chi connectivity index (χ1v) is 10.2. The summed E-state index contributed by atoms with van der Waals surface area (Å²) >= 11 is 6.21. The molecule has 0 aliphatic rings. The normalized spacial score (nSPS) is 11.5. The molecule has 0 saturated carbocycles. The lowest BCUT2D eigenvalue weighted by atomic mass is 10.1. The number of rotatable bonds is 8. The second-order valence-corrected chi connectivity index (χ2v) is 7.31. The lowest BCUT2D eigenvalue weighted by molar-refractivity contribution is -0.115. The molecule has 3 N–H and O–H groups in total. The number of benzene rings is 3. The molecule has 1 atom stereocenters. The minimum atomic E-state index is -0.321. The molecule has 31 heavy (non-hydrogen) atoms. The fourth-order valence-corrected chi connectivity index (χ4v) is 3.34. The van der Waals surface area contributed by atoms with E-state index in [1.165, 1.54) is 0 Å². The highest BCUT2D eigenvalue weighted by Crippen LogP contribution is 2.22. The SMILES string of the molecule is COc1ccc(NC(=O)c2ccccc2NC(=O)CN[C@@H](C)c2ccccc2Cl)cc1. The summed E-state index contributed by atoms with van der Waals surface area (Å²) in [6, 6.07) is 21.3. The summed E-state index contributed by atoms with van der Waals surface area (Å²) in [5.74, 6) is 0.117. The number of ether oxygens (including phenoxy) is 1. The monoisotopic (exact) mass is 437 g/mol. The van der Waals surface area contributed by atoms with E-state index in [0.717, 1.165) is 5.56 Å². The molecule has 0 aliphatic heterocycles. The average molecular weight is 438 g/mol. The van der Waals surface area contributed by atoms with E-state index < -0.39 is 0 Å². The minimum Gasteiger partial charge on any atom is -0.497 e. The van der Waals surface area contributed by atoms with Crippen LogP contribution in [0.3, 0.4) is 0 Å². The van der Waals surface area contributed by atoms with Gasteiger partial charge in [0.2, 0.25) is 5.91 Å². The van der Waals surface area contributed by atoms with Gasteiger partial charge >= 0.3 is 0 Å². The molecule has 3 aromatic carbocycles. The lowest BCUT2D eigenvalue weighted by Gasteiger charge is -2.16.